The van der Waals surface area contributed by atoms with Crippen LogP contribution in [0.15, 0.2) is 67.0 Å². The first kappa shape index (κ1) is 20.7. The molecule has 0 spiro atoms. The summed E-state index contributed by atoms with van der Waals surface area (Å²) in [7, 11) is 2.28. The maximum atomic E-state index is 4.64. The molecular weight excluding hydrogens is 368 g/mol. The molecule has 0 radical (unpaired) electrons. The van der Waals surface area contributed by atoms with E-state index in [9.17, 15) is 0 Å². The summed E-state index contributed by atoms with van der Waals surface area (Å²) >= 11 is 0. The van der Waals surface area contributed by atoms with Crippen LogP contribution in [0.1, 0.15) is 29.5 Å². The van der Waals surface area contributed by atoms with Crippen LogP contribution < -0.4 is 0 Å². The zero-order chi connectivity index (χ0) is 20.8. The van der Waals surface area contributed by atoms with E-state index in [-0.39, 0.29) is 0 Å². The Morgan fingerprint density at radius 2 is 1.70 bits per heavy atom. The fraction of sp³-hybridized carbons (Fsp3) is 0.385. The smallest absolute Gasteiger partial charge is 0.159 e. The van der Waals surface area contributed by atoms with Crippen molar-refractivity contribution in [2.75, 3.05) is 26.7 Å². The molecular formula is C26H32N4. The van der Waals surface area contributed by atoms with Crippen molar-refractivity contribution in [1.82, 2.24) is 19.8 Å². The van der Waals surface area contributed by atoms with Gasteiger partial charge in [0.05, 0.1) is 0 Å². The minimum Gasteiger partial charge on any atom is -0.302 e. The molecule has 0 amide bonds. The summed E-state index contributed by atoms with van der Waals surface area (Å²) in [4.78, 5) is 14.4. The lowest BCUT2D eigenvalue weighted by molar-refractivity contribution is 0.112. The van der Waals surface area contributed by atoms with Gasteiger partial charge in [-0.25, -0.2) is 9.97 Å². The molecule has 3 aromatic rings. The van der Waals surface area contributed by atoms with Gasteiger partial charge >= 0.3 is 0 Å². The second-order valence-electron chi connectivity index (χ2n) is 8.48. The third-order valence-corrected chi connectivity index (χ3v) is 6.20. The van der Waals surface area contributed by atoms with Gasteiger partial charge in [-0.3, -0.25) is 4.90 Å². The highest BCUT2D eigenvalue weighted by Crippen LogP contribution is 2.20. The van der Waals surface area contributed by atoms with Crippen LogP contribution in [0.25, 0.3) is 11.4 Å². The Morgan fingerprint density at radius 3 is 2.47 bits per heavy atom. The van der Waals surface area contributed by atoms with Crippen LogP contribution in [0, 0.1) is 6.92 Å². The Kier molecular flexibility index (Phi) is 6.88. The summed E-state index contributed by atoms with van der Waals surface area (Å²) in [5.41, 5.74) is 4.94. The number of likely N-dealkylation sites (tertiary alicyclic amines) is 1. The van der Waals surface area contributed by atoms with Crippen molar-refractivity contribution < 1.29 is 0 Å². The van der Waals surface area contributed by atoms with Gasteiger partial charge < -0.3 is 4.90 Å². The molecule has 0 N–H and O–H groups in total. The van der Waals surface area contributed by atoms with E-state index in [4.69, 9.17) is 0 Å². The van der Waals surface area contributed by atoms with E-state index in [0.717, 1.165) is 44.0 Å². The lowest BCUT2D eigenvalue weighted by Gasteiger charge is -2.37. The lowest BCUT2D eigenvalue weighted by Crippen LogP contribution is -2.46. The molecule has 2 heterocycles. The maximum Gasteiger partial charge on any atom is 0.159 e. The largest absolute Gasteiger partial charge is 0.302 e. The predicted octanol–water partition coefficient (Wildman–Crippen LogP) is 4.59. The molecule has 156 valence electrons. The number of aromatic nitrogens is 2. The Morgan fingerprint density at radius 1 is 0.967 bits per heavy atom. The van der Waals surface area contributed by atoms with E-state index < -0.39 is 0 Å². The number of nitrogens with zero attached hydrogens (tertiary/aromatic N) is 4. The van der Waals surface area contributed by atoms with Crippen LogP contribution in [0.4, 0.5) is 0 Å². The normalized spacial score (nSPS) is 17.4. The van der Waals surface area contributed by atoms with Crippen LogP contribution in [0.2, 0.25) is 0 Å². The third-order valence-electron chi connectivity index (χ3n) is 6.20. The summed E-state index contributed by atoms with van der Waals surface area (Å²) in [6.45, 7) is 6.41. The molecule has 4 rings (SSSR count). The van der Waals surface area contributed by atoms with E-state index in [2.05, 4.69) is 82.3 Å². The van der Waals surface area contributed by atoms with Crippen LogP contribution in [-0.2, 0) is 13.0 Å². The molecule has 4 heteroatoms. The van der Waals surface area contributed by atoms with Crippen LogP contribution >= 0.6 is 0 Å². The molecule has 2 aromatic carbocycles. The second-order valence-corrected chi connectivity index (χ2v) is 8.48. The summed E-state index contributed by atoms with van der Waals surface area (Å²) < 4.78 is 0. The quantitative estimate of drug-likeness (QED) is 0.581. The minimum absolute atomic E-state index is 0.620. The van der Waals surface area contributed by atoms with Crippen molar-refractivity contribution >= 4 is 0 Å². The molecule has 1 fully saturated rings. The Hall–Kier alpha value is -2.56. The van der Waals surface area contributed by atoms with Crippen molar-refractivity contribution in [3.8, 4) is 11.4 Å². The number of hydrogen-bond acceptors (Lipinski definition) is 4. The highest BCUT2D eigenvalue weighted by Gasteiger charge is 2.23. The van der Waals surface area contributed by atoms with Crippen LogP contribution in [-0.4, -0.2) is 52.5 Å². The van der Waals surface area contributed by atoms with Crippen molar-refractivity contribution in [3.05, 3.63) is 83.7 Å². The lowest BCUT2D eigenvalue weighted by atomic mass is 10.0. The van der Waals surface area contributed by atoms with Gasteiger partial charge in [-0.2, -0.15) is 0 Å². The molecule has 0 aliphatic carbocycles. The predicted molar refractivity (Wildman–Crippen MR) is 123 cm³/mol. The van der Waals surface area contributed by atoms with E-state index in [1.807, 2.05) is 18.5 Å². The van der Waals surface area contributed by atoms with Crippen LogP contribution in [0.5, 0.6) is 0 Å². The summed E-state index contributed by atoms with van der Waals surface area (Å²) in [6, 6.07) is 19.7. The highest BCUT2D eigenvalue weighted by atomic mass is 15.2. The second kappa shape index (κ2) is 9.96. The molecule has 0 saturated carbocycles. The topological polar surface area (TPSA) is 32.3 Å². The molecule has 1 aliphatic rings. The van der Waals surface area contributed by atoms with Gasteiger partial charge in [-0.05, 0) is 50.9 Å². The van der Waals surface area contributed by atoms with Crippen molar-refractivity contribution in [2.24, 2.45) is 0 Å². The van der Waals surface area contributed by atoms with Gasteiger partial charge in [0.1, 0.15) is 0 Å². The number of piperidine rings is 1. The average molecular weight is 401 g/mol. The first-order valence-electron chi connectivity index (χ1n) is 11.0. The minimum atomic E-state index is 0.620. The molecule has 4 nitrogen and oxygen atoms in total. The zero-order valence-corrected chi connectivity index (χ0v) is 18.2. The van der Waals surface area contributed by atoms with Crippen LogP contribution in [0.3, 0.4) is 0 Å². The van der Waals surface area contributed by atoms with Gasteiger partial charge in [-0.1, -0.05) is 54.6 Å². The van der Waals surface area contributed by atoms with Gasteiger partial charge in [0.2, 0.25) is 0 Å². The fourth-order valence-corrected chi connectivity index (χ4v) is 4.32. The molecule has 0 bridgehead atoms. The van der Waals surface area contributed by atoms with E-state index in [1.165, 1.54) is 29.5 Å². The van der Waals surface area contributed by atoms with Crippen molar-refractivity contribution in [3.63, 3.8) is 0 Å². The fourth-order valence-electron chi connectivity index (χ4n) is 4.32. The number of hydrogen-bond donors (Lipinski definition) is 0. The maximum absolute atomic E-state index is 4.64. The molecule has 1 aliphatic heterocycles. The Labute approximate surface area is 180 Å². The molecule has 1 saturated heterocycles. The molecule has 1 atom stereocenters. The summed E-state index contributed by atoms with van der Waals surface area (Å²) in [6.07, 6.45) is 7.64. The number of benzene rings is 2. The Balaban J connectivity index is 1.32. The SMILES string of the molecule is Cc1ccccc1-c1ncc(CN2CCCC(N(C)CCc3ccccc3)C2)cn1. The van der Waals surface area contributed by atoms with E-state index in [0.29, 0.717) is 6.04 Å². The van der Waals surface area contributed by atoms with Crippen molar-refractivity contribution in [2.45, 2.75) is 38.8 Å². The standard InChI is InChI=1S/C26H32N4/c1-21-9-6-7-13-25(21)26-27-17-23(18-28-26)19-30-15-8-12-24(20-30)29(2)16-14-22-10-4-3-5-11-22/h3-7,9-11,13,17-18,24H,8,12,14-16,19-20H2,1-2H3. The van der Waals surface area contributed by atoms with E-state index in [1.54, 1.807) is 0 Å². The molecule has 30 heavy (non-hydrogen) atoms. The van der Waals surface area contributed by atoms with Crippen molar-refractivity contribution in [1.29, 1.82) is 0 Å². The van der Waals surface area contributed by atoms with Gasteiger partial charge in [0.15, 0.2) is 5.82 Å². The van der Waals surface area contributed by atoms with Gasteiger partial charge in [-0.15, -0.1) is 0 Å². The average Bonchev–Trinajstić information content (AvgIpc) is 2.79. The summed E-state index contributed by atoms with van der Waals surface area (Å²) in [5, 5.41) is 0. The third kappa shape index (κ3) is 5.32. The highest BCUT2D eigenvalue weighted by molar-refractivity contribution is 5.59. The summed E-state index contributed by atoms with van der Waals surface area (Å²) in [5.74, 6) is 0.814. The Bertz CT molecular complexity index is 923. The first-order chi connectivity index (χ1) is 14.7. The monoisotopic (exact) mass is 400 g/mol. The molecule has 1 aromatic heterocycles. The van der Waals surface area contributed by atoms with Gasteiger partial charge in [0, 0.05) is 49.2 Å². The number of aryl methyl sites for hydroxylation is 1. The first-order valence-corrected chi connectivity index (χ1v) is 11.0. The zero-order valence-electron chi connectivity index (χ0n) is 18.2. The number of likely N-dealkylation sites (N-methyl/N-ethyl adjacent to an activating group) is 1. The van der Waals surface area contributed by atoms with E-state index >= 15 is 0 Å². The number of rotatable bonds is 7. The van der Waals surface area contributed by atoms with Gasteiger partial charge in [0.25, 0.3) is 0 Å². The molecule has 1 unspecified atom stereocenters.